The summed E-state index contributed by atoms with van der Waals surface area (Å²) in [6.45, 7) is 0. The summed E-state index contributed by atoms with van der Waals surface area (Å²) in [4.78, 5) is 0. The van der Waals surface area contributed by atoms with Gasteiger partial charge in [0, 0.05) is 16.3 Å². The predicted octanol–water partition coefficient (Wildman–Crippen LogP) is 4.68. The number of benzene rings is 2. The van der Waals surface area contributed by atoms with Crippen molar-refractivity contribution in [2.75, 3.05) is 0 Å². The summed E-state index contributed by atoms with van der Waals surface area (Å²) in [6.07, 6.45) is 7.31. The van der Waals surface area contributed by atoms with Crippen molar-refractivity contribution in [2.45, 2.75) is 17.4 Å². The van der Waals surface area contributed by atoms with Crippen molar-refractivity contribution >= 4 is 29.4 Å². The van der Waals surface area contributed by atoms with E-state index in [1.165, 1.54) is 11.1 Å². The second-order valence-corrected chi connectivity index (χ2v) is 6.64. The van der Waals surface area contributed by atoms with E-state index >= 15 is 0 Å². The van der Waals surface area contributed by atoms with E-state index in [0.717, 1.165) is 16.5 Å². The zero-order chi connectivity index (χ0) is 15.2. The second-order valence-electron chi connectivity index (χ2n) is 5.76. The molecule has 0 amide bonds. The lowest BCUT2D eigenvalue weighted by Crippen LogP contribution is -2.49. The fourth-order valence-electron chi connectivity index (χ4n) is 3.57. The number of nitrogens with zero attached hydrogens (tertiary/aromatic N) is 1. The van der Waals surface area contributed by atoms with Crippen molar-refractivity contribution in [3.8, 4) is 0 Å². The zero-order valence-corrected chi connectivity index (χ0v) is 13.3. The Balaban J connectivity index is 1.89. The lowest BCUT2D eigenvalue weighted by molar-refractivity contribution is 0.318. The second kappa shape index (κ2) is 4.87. The number of halogens is 2. The molecule has 0 fully saturated rings. The van der Waals surface area contributed by atoms with E-state index in [-0.39, 0.29) is 11.0 Å². The molecule has 1 aliphatic heterocycles. The molecule has 4 rings (SSSR count). The summed E-state index contributed by atoms with van der Waals surface area (Å²) in [5, 5.41) is 5.89. The van der Waals surface area contributed by atoms with Crippen LogP contribution in [0.4, 0.5) is 0 Å². The number of fused-ring (bicyclic) bond motifs is 1. The molecule has 0 saturated carbocycles. The van der Waals surface area contributed by atoms with Gasteiger partial charge < -0.3 is 0 Å². The maximum absolute atomic E-state index is 6.05. The molecule has 2 aliphatic rings. The minimum atomic E-state index is -0.300. The van der Waals surface area contributed by atoms with Crippen LogP contribution in [-0.4, -0.2) is 6.21 Å². The van der Waals surface area contributed by atoms with Crippen molar-refractivity contribution in [1.29, 1.82) is 0 Å². The largest absolute Gasteiger partial charge is 0.298 e. The average molecular weight is 329 g/mol. The van der Waals surface area contributed by atoms with Gasteiger partial charge in [-0.2, -0.15) is 5.10 Å². The molecule has 0 unspecified atom stereocenters. The third kappa shape index (κ3) is 1.77. The van der Waals surface area contributed by atoms with Crippen LogP contribution in [0.5, 0.6) is 0 Å². The molecule has 0 bridgehead atoms. The molecule has 0 spiro atoms. The summed E-state index contributed by atoms with van der Waals surface area (Å²) in [7, 11) is 0. The summed E-state index contributed by atoms with van der Waals surface area (Å²) in [6, 6.07) is 16.0. The van der Waals surface area contributed by atoms with E-state index in [1.807, 2.05) is 30.5 Å². The highest BCUT2D eigenvalue weighted by Crippen LogP contribution is 2.51. The Hall–Kier alpha value is -1.77. The Morgan fingerprint density at radius 2 is 1.45 bits per heavy atom. The first kappa shape index (κ1) is 13.9. The summed E-state index contributed by atoms with van der Waals surface area (Å²) < 4.78 is 0. The number of hydrogen-bond acceptors (Lipinski definition) is 2. The number of nitrogens with one attached hydrogen (secondary N) is 1. The topological polar surface area (TPSA) is 24.4 Å². The van der Waals surface area contributed by atoms with E-state index in [0.29, 0.717) is 0 Å². The fraction of sp³-hybridized carbons (Fsp3) is 0.167. The molecule has 0 radical (unpaired) electrons. The molecule has 2 aromatic carbocycles. The third-order valence-corrected chi connectivity index (χ3v) is 5.20. The zero-order valence-electron chi connectivity index (χ0n) is 11.8. The van der Waals surface area contributed by atoms with E-state index < -0.39 is 0 Å². The van der Waals surface area contributed by atoms with Crippen molar-refractivity contribution in [3.05, 3.63) is 81.9 Å². The van der Waals surface area contributed by atoms with Crippen LogP contribution in [-0.2, 0) is 11.0 Å². The molecule has 22 heavy (non-hydrogen) atoms. The number of hydrazone groups is 1. The Morgan fingerprint density at radius 3 is 2.09 bits per heavy atom. The van der Waals surface area contributed by atoms with E-state index in [4.69, 9.17) is 23.2 Å². The summed E-state index contributed by atoms with van der Waals surface area (Å²) in [5.41, 5.74) is 5.10. The summed E-state index contributed by atoms with van der Waals surface area (Å²) in [5.74, 6) is 0. The van der Waals surface area contributed by atoms with Crippen LogP contribution >= 0.6 is 23.2 Å². The maximum atomic E-state index is 6.05. The smallest absolute Gasteiger partial charge is 0.101 e. The van der Waals surface area contributed by atoms with Gasteiger partial charge in [0.05, 0.1) is 5.41 Å². The molecule has 1 heterocycles. The molecule has 2 atom stereocenters. The van der Waals surface area contributed by atoms with Gasteiger partial charge in [0.1, 0.15) is 5.54 Å². The van der Waals surface area contributed by atoms with E-state index in [9.17, 15) is 0 Å². The van der Waals surface area contributed by atoms with Gasteiger partial charge in [-0.25, -0.2) is 0 Å². The van der Waals surface area contributed by atoms with Crippen LogP contribution in [0.2, 0.25) is 10.0 Å². The fourth-order valence-corrected chi connectivity index (χ4v) is 3.82. The van der Waals surface area contributed by atoms with Crippen molar-refractivity contribution in [2.24, 2.45) is 5.10 Å². The van der Waals surface area contributed by atoms with E-state index in [1.54, 1.807) is 0 Å². The monoisotopic (exact) mass is 328 g/mol. The van der Waals surface area contributed by atoms with Crippen LogP contribution in [0.25, 0.3) is 0 Å². The molecule has 2 aromatic rings. The van der Waals surface area contributed by atoms with Crippen LogP contribution in [0.3, 0.4) is 0 Å². The van der Waals surface area contributed by atoms with Gasteiger partial charge in [-0.3, -0.25) is 5.43 Å². The average Bonchev–Trinajstić information content (AvgIpc) is 3.05. The van der Waals surface area contributed by atoms with Gasteiger partial charge in [0.2, 0.25) is 0 Å². The van der Waals surface area contributed by atoms with Gasteiger partial charge in [-0.15, -0.1) is 0 Å². The minimum Gasteiger partial charge on any atom is -0.298 e. The van der Waals surface area contributed by atoms with Crippen LogP contribution in [0.1, 0.15) is 17.5 Å². The first-order valence-corrected chi connectivity index (χ1v) is 7.93. The maximum Gasteiger partial charge on any atom is 0.101 e. The first-order chi connectivity index (χ1) is 10.7. The third-order valence-electron chi connectivity index (χ3n) is 4.69. The minimum absolute atomic E-state index is 0.300. The summed E-state index contributed by atoms with van der Waals surface area (Å²) >= 11 is 12.1. The highest BCUT2D eigenvalue weighted by molar-refractivity contribution is 6.30. The van der Waals surface area contributed by atoms with E-state index in [2.05, 4.69) is 46.9 Å². The molecule has 2 nitrogen and oxygen atoms in total. The Kier molecular flexibility index (Phi) is 3.07. The first-order valence-electron chi connectivity index (χ1n) is 7.17. The number of hydrogen-bond donors (Lipinski definition) is 1. The van der Waals surface area contributed by atoms with Crippen molar-refractivity contribution in [3.63, 3.8) is 0 Å². The van der Waals surface area contributed by atoms with Gasteiger partial charge in [-0.1, -0.05) is 59.6 Å². The van der Waals surface area contributed by atoms with Crippen LogP contribution < -0.4 is 5.43 Å². The molecule has 4 heteroatoms. The molecular weight excluding hydrogens is 315 g/mol. The van der Waals surface area contributed by atoms with Gasteiger partial charge in [0.15, 0.2) is 0 Å². The number of rotatable bonds is 2. The lowest BCUT2D eigenvalue weighted by atomic mass is 9.66. The molecule has 0 saturated heterocycles. The molecule has 1 N–H and O–H groups in total. The van der Waals surface area contributed by atoms with Crippen LogP contribution in [0.15, 0.2) is 65.8 Å². The normalized spacial score (nSPS) is 28.6. The van der Waals surface area contributed by atoms with Crippen molar-refractivity contribution < 1.29 is 0 Å². The van der Waals surface area contributed by atoms with Crippen LogP contribution in [0, 0.1) is 0 Å². The van der Waals surface area contributed by atoms with Gasteiger partial charge >= 0.3 is 0 Å². The molecule has 1 aliphatic carbocycles. The Morgan fingerprint density at radius 1 is 0.864 bits per heavy atom. The molecule has 0 aromatic heterocycles. The Bertz CT molecular complexity index is 745. The highest BCUT2D eigenvalue weighted by atomic mass is 35.5. The predicted molar refractivity (Wildman–Crippen MR) is 91.6 cm³/mol. The Labute approximate surface area is 139 Å². The molecular formula is C18H14Cl2N2. The highest BCUT2D eigenvalue weighted by Gasteiger charge is 2.56. The van der Waals surface area contributed by atoms with Crippen molar-refractivity contribution in [1.82, 2.24) is 5.43 Å². The SMILES string of the molecule is Clc1ccc([C@]23C=CC[C@@]2(c2ccc(Cl)cc2)NN=C3)cc1. The van der Waals surface area contributed by atoms with Gasteiger partial charge in [-0.05, 0) is 41.8 Å². The molecule has 110 valence electrons. The quantitative estimate of drug-likeness (QED) is 0.795. The standard InChI is InChI=1S/C18H14Cl2N2/c19-15-6-2-13(3-7-15)17-10-1-11-18(17,22-21-12-17)14-4-8-16(20)9-5-14/h1-10,12,22H,11H2/t17-,18+/m1/s1. The lowest BCUT2D eigenvalue weighted by Gasteiger charge is -2.39. The van der Waals surface area contributed by atoms with Gasteiger partial charge in [0.25, 0.3) is 0 Å².